The number of nitrogens with zero attached hydrogens (tertiary/aromatic N) is 4. The summed E-state index contributed by atoms with van der Waals surface area (Å²) in [5, 5.41) is 4.51. The first-order chi connectivity index (χ1) is 9.07. The summed E-state index contributed by atoms with van der Waals surface area (Å²) >= 11 is 5.96. The van der Waals surface area contributed by atoms with Gasteiger partial charge in [0.05, 0.1) is 5.69 Å². The number of fused-ring (bicyclic) bond motifs is 1. The quantitative estimate of drug-likeness (QED) is 0.810. The Morgan fingerprint density at radius 2 is 2.00 bits per heavy atom. The van der Waals surface area contributed by atoms with Gasteiger partial charge in [0.1, 0.15) is 11.3 Å². The third kappa shape index (κ3) is 1.88. The fraction of sp³-hybridized carbons (Fsp3) is 0.714. The van der Waals surface area contributed by atoms with E-state index in [0.717, 1.165) is 29.1 Å². The van der Waals surface area contributed by atoms with E-state index in [4.69, 9.17) is 16.6 Å². The van der Waals surface area contributed by atoms with Crippen molar-refractivity contribution in [3.63, 3.8) is 0 Å². The van der Waals surface area contributed by atoms with Crippen molar-refractivity contribution in [1.82, 2.24) is 19.3 Å². The van der Waals surface area contributed by atoms with Crippen LogP contribution in [0.15, 0.2) is 0 Å². The largest absolute Gasteiger partial charge is 0.307 e. The van der Waals surface area contributed by atoms with Crippen molar-refractivity contribution in [3.8, 4) is 0 Å². The molecule has 0 aliphatic heterocycles. The van der Waals surface area contributed by atoms with Gasteiger partial charge in [-0.05, 0) is 26.7 Å². The van der Waals surface area contributed by atoms with Crippen LogP contribution in [0.25, 0.3) is 11.2 Å². The molecule has 1 fully saturated rings. The normalized spacial score (nSPS) is 18.5. The Labute approximate surface area is 118 Å². The molecule has 0 amide bonds. The van der Waals surface area contributed by atoms with Gasteiger partial charge < -0.3 is 4.57 Å². The summed E-state index contributed by atoms with van der Waals surface area (Å²) in [5.41, 5.74) is 3.38. The van der Waals surface area contributed by atoms with E-state index in [2.05, 4.69) is 16.6 Å². The molecule has 2 aromatic heterocycles. The number of aromatic nitrogens is 4. The molecule has 0 unspecified atom stereocenters. The lowest BCUT2D eigenvalue weighted by molar-refractivity contribution is 0.324. The number of imidazole rings is 1. The average molecular weight is 281 g/mol. The molecular formula is C14H21ClN4. The summed E-state index contributed by atoms with van der Waals surface area (Å²) in [5.74, 6) is 1.73. The summed E-state index contributed by atoms with van der Waals surface area (Å²) in [7, 11) is 2.01. The van der Waals surface area contributed by atoms with Crippen LogP contribution in [0.4, 0.5) is 0 Å². The maximum Gasteiger partial charge on any atom is 0.159 e. The molecule has 0 saturated heterocycles. The SMILES string of the molecule is Cc1nn(C)c2c1nc(CCCl)n2C1(C)CCCC1. The van der Waals surface area contributed by atoms with Gasteiger partial charge in [-0.3, -0.25) is 4.68 Å². The van der Waals surface area contributed by atoms with Gasteiger partial charge in [0.2, 0.25) is 0 Å². The Morgan fingerprint density at radius 1 is 1.32 bits per heavy atom. The van der Waals surface area contributed by atoms with E-state index >= 15 is 0 Å². The highest BCUT2D eigenvalue weighted by Gasteiger charge is 2.35. The summed E-state index contributed by atoms with van der Waals surface area (Å²) in [6, 6.07) is 0. The second-order valence-electron chi connectivity index (χ2n) is 5.89. The van der Waals surface area contributed by atoms with E-state index in [1.807, 2.05) is 18.7 Å². The number of alkyl halides is 1. The molecule has 19 heavy (non-hydrogen) atoms. The zero-order valence-corrected chi connectivity index (χ0v) is 12.7. The second-order valence-corrected chi connectivity index (χ2v) is 6.27. The fourth-order valence-corrected chi connectivity index (χ4v) is 3.67. The highest BCUT2D eigenvalue weighted by molar-refractivity contribution is 6.17. The lowest BCUT2D eigenvalue weighted by Crippen LogP contribution is -2.29. The van der Waals surface area contributed by atoms with Gasteiger partial charge in [-0.1, -0.05) is 12.8 Å². The van der Waals surface area contributed by atoms with Crippen molar-refractivity contribution in [2.24, 2.45) is 7.05 Å². The molecule has 0 bridgehead atoms. The standard InChI is InChI=1S/C14H21ClN4/c1-10-12-13(18(3)17-10)19(11(16-12)6-9-15)14(2)7-4-5-8-14/h4-9H2,1-3H3. The van der Waals surface area contributed by atoms with Crippen molar-refractivity contribution >= 4 is 22.8 Å². The summed E-state index contributed by atoms with van der Waals surface area (Å²) < 4.78 is 4.39. The monoisotopic (exact) mass is 280 g/mol. The van der Waals surface area contributed by atoms with E-state index in [1.54, 1.807) is 0 Å². The van der Waals surface area contributed by atoms with Crippen LogP contribution < -0.4 is 0 Å². The third-order valence-corrected chi connectivity index (χ3v) is 4.60. The molecule has 0 radical (unpaired) electrons. The van der Waals surface area contributed by atoms with Crippen molar-refractivity contribution in [2.45, 2.75) is 51.5 Å². The fourth-order valence-electron chi connectivity index (χ4n) is 3.50. The van der Waals surface area contributed by atoms with E-state index in [9.17, 15) is 0 Å². The van der Waals surface area contributed by atoms with Gasteiger partial charge in [-0.15, -0.1) is 11.6 Å². The molecule has 1 saturated carbocycles. The number of hydrogen-bond acceptors (Lipinski definition) is 2. The van der Waals surface area contributed by atoms with E-state index in [-0.39, 0.29) is 5.54 Å². The van der Waals surface area contributed by atoms with Gasteiger partial charge in [-0.2, -0.15) is 5.10 Å². The van der Waals surface area contributed by atoms with Crippen LogP contribution in [0.3, 0.4) is 0 Å². The minimum Gasteiger partial charge on any atom is -0.307 e. The Hall–Kier alpha value is -1.03. The van der Waals surface area contributed by atoms with Gasteiger partial charge in [0.25, 0.3) is 0 Å². The van der Waals surface area contributed by atoms with Crippen LogP contribution in [-0.4, -0.2) is 25.2 Å². The summed E-state index contributed by atoms with van der Waals surface area (Å²) in [4.78, 5) is 4.81. The summed E-state index contributed by atoms with van der Waals surface area (Å²) in [6.45, 7) is 4.38. The Kier molecular flexibility index (Phi) is 3.08. The highest BCUT2D eigenvalue weighted by atomic mass is 35.5. The first-order valence-electron chi connectivity index (χ1n) is 7.04. The molecule has 104 valence electrons. The molecule has 1 aliphatic carbocycles. The summed E-state index contributed by atoms with van der Waals surface area (Å²) in [6.07, 6.45) is 5.86. The Balaban J connectivity index is 2.26. The van der Waals surface area contributed by atoms with Gasteiger partial charge in [0.15, 0.2) is 5.65 Å². The molecule has 0 spiro atoms. The average Bonchev–Trinajstić information content (AvgIpc) is 2.99. The number of hydrogen-bond donors (Lipinski definition) is 0. The molecule has 0 atom stereocenters. The first-order valence-corrected chi connectivity index (χ1v) is 7.57. The van der Waals surface area contributed by atoms with Gasteiger partial charge in [-0.25, -0.2) is 4.98 Å². The molecule has 3 rings (SSSR count). The zero-order chi connectivity index (χ0) is 13.6. The predicted octanol–water partition coefficient (Wildman–Crippen LogP) is 3.15. The van der Waals surface area contributed by atoms with Crippen molar-refractivity contribution in [2.75, 3.05) is 5.88 Å². The number of halogens is 1. The van der Waals surface area contributed by atoms with Crippen LogP contribution in [0.5, 0.6) is 0 Å². The van der Waals surface area contributed by atoms with Crippen LogP contribution in [0.1, 0.15) is 44.1 Å². The third-order valence-electron chi connectivity index (χ3n) is 4.41. The Bertz CT molecular complexity index is 605. The molecule has 2 heterocycles. The molecule has 0 N–H and O–H groups in total. The number of aryl methyl sites for hydroxylation is 3. The number of rotatable bonds is 3. The minimum atomic E-state index is 0.177. The zero-order valence-electron chi connectivity index (χ0n) is 11.9. The predicted molar refractivity (Wildman–Crippen MR) is 77.8 cm³/mol. The minimum absolute atomic E-state index is 0.177. The van der Waals surface area contributed by atoms with Crippen LogP contribution in [0, 0.1) is 6.92 Å². The lowest BCUT2D eigenvalue weighted by Gasteiger charge is -2.28. The first kappa shape index (κ1) is 13.0. The second kappa shape index (κ2) is 4.51. The van der Waals surface area contributed by atoms with Gasteiger partial charge >= 0.3 is 0 Å². The maximum atomic E-state index is 5.96. The van der Waals surface area contributed by atoms with Crippen molar-refractivity contribution in [3.05, 3.63) is 11.5 Å². The molecule has 5 heteroatoms. The molecule has 2 aromatic rings. The molecule has 0 aromatic carbocycles. The van der Waals surface area contributed by atoms with E-state index in [1.165, 1.54) is 25.7 Å². The molecule has 1 aliphatic rings. The topological polar surface area (TPSA) is 35.6 Å². The molecular weight excluding hydrogens is 260 g/mol. The molecule has 4 nitrogen and oxygen atoms in total. The maximum absolute atomic E-state index is 5.96. The van der Waals surface area contributed by atoms with Crippen molar-refractivity contribution < 1.29 is 0 Å². The lowest BCUT2D eigenvalue weighted by atomic mass is 10.00. The smallest absolute Gasteiger partial charge is 0.159 e. The van der Waals surface area contributed by atoms with E-state index < -0.39 is 0 Å². The Morgan fingerprint density at radius 3 is 2.63 bits per heavy atom. The highest BCUT2D eigenvalue weighted by Crippen LogP contribution is 2.39. The van der Waals surface area contributed by atoms with E-state index in [0.29, 0.717) is 5.88 Å². The van der Waals surface area contributed by atoms with Crippen LogP contribution >= 0.6 is 11.6 Å². The van der Waals surface area contributed by atoms with Crippen LogP contribution in [0.2, 0.25) is 0 Å². The van der Waals surface area contributed by atoms with Crippen LogP contribution in [-0.2, 0) is 19.0 Å². The van der Waals surface area contributed by atoms with Crippen molar-refractivity contribution in [1.29, 1.82) is 0 Å². The van der Waals surface area contributed by atoms with Gasteiger partial charge in [0, 0.05) is 24.9 Å².